The molecule has 6 heteroatoms. The first kappa shape index (κ1) is 24.1. The minimum atomic E-state index is -0.848. The van der Waals surface area contributed by atoms with Gasteiger partial charge in [0.1, 0.15) is 6.04 Å². The molecule has 6 nitrogen and oxygen atoms in total. The number of hydrogen-bond acceptors (Lipinski definition) is 4. The number of rotatable bonds is 8. The normalized spacial score (nSPS) is 12.7. The molecule has 2 atom stereocenters. The Morgan fingerprint density at radius 3 is 2.10 bits per heavy atom. The van der Waals surface area contributed by atoms with Crippen molar-refractivity contribution in [1.82, 2.24) is 10.6 Å². The third-order valence-corrected chi connectivity index (χ3v) is 5.27. The summed E-state index contributed by atoms with van der Waals surface area (Å²) in [7, 11) is 0. The van der Waals surface area contributed by atoms with E-state index in [0.29, 0.717) is 5.56 Å². The average molecular weight is 425 g/mol. The van der Waals surface area contributed by atoms with Gasteiger partial charge in [0.25, 0.3) is 11.8 Å². The van der Waals surface area contributed by atoms with Crippen molar-refractivity contribution in [3.8, 4) is 0 Å². The quantitative estimate of drug-likeness (QED) is 0.632. The third-order valence-electron chi connectivity index (χ3n) is 5.27. The SMILES string of the molecule is Cc1ccc(C(=O)N[C@H](C(=O)OCC(=O)NC(C)c2ccc(C)c(C)c2)C(C)C)cc1. The molecule has 1 unspecified atom stereocenters. The van der Waals surface area contributed by atoms with Crippen LogP contribution in [0.5, 0.6) is 0 Å². The third kappa shape index (κ3) is 6.95. The Kier molecular flexibility index (Phi) is 8.37. The van der Waals surface area contributed by atoms with Gasteiger partial charge in [-0.1, -0.05) is 49.7 Å². The van der Waals surface area contributed by atoms with E-state index >= 15 is 0 Å². The molecule has 166 valence electrons. The summed E-state index contributed by atoms with van der Waals surface area (Å²) in [5, 5.41) is 5.54. The Hall–Kier alpha value is -3.15. The first-order chi connectivity index (χ1) is 14.6. The standard InChI is InChI=1S/C25H32N2O4/c1-15(2)23(27-24(29)20-10-7-16(3)8-11-20)25(30)31-14-22(28)26-19(6)21-12-9-17(4)18(5)13-21/h7-13,15,19,23H,14H2,1-6H3,(H,26,28)(H,27,29)/t19?,23-/m0/s1. The lowest BCUT2D eigenvalue weighted by atomic mass is 10.0. The summed E-state index contributed by atoms with van der Waals surface area (Å²) >= 11 is 0. The van der Waals surface area contributed by atoms with Crippen molar-refractivity contribution >= 4 is 17.8 Å². The molecule has 0 saturated heterocycles. The molecule has 2 aromatic rings. The van der Waals surface area contributed by atoms with Crippen LogP contribution < -0.4 is 10.6 Å². The molecule has 0 bridgehead atoms. The minimum absolute atomic E-state index is 0.195. The van der Waals surface area contributed by atoms with Gasteiger partial charge in [-0.25, -0.2) is 4.79 Å². The van der Waals surface area contributed by atoms with E-state index in [-0.39, 0.29) is 17.9 Å². The van der Waals surface area contributed by atoms with Crippen LogP contribution in [-0.4, -0.2) is 30.4 Å². The highest BCUT2D eigenvalue weighted by atomic mass is 16.5. The number of ether oxygens (including phenoxy) is 1. The van der Waals surface area contributed by atoms with E-state index in [9.17, 15) is 14.4 Å². The van der Waals surface area contributed by atoms with Crippen LogP contribution in [0.2, 0.25) is 0 Å². The summed E-state index contributed by atoms with van der Waals surface area (Å²) in [6.07, 6.45) is 0. The fraction of sp³-hybridized carbons (Fsp3) is 0.400. The second-order valence-electron chi connectivity index (χ2n) is 8.30. The lowest BCUT2D eigenvalue weighted by Crippen LogP contribution is -2.46. The highest BCUT2D eigenvalue weighted by Crippen LogP contribution is 2.16. The molecule has 0 spiro atoms. The van der Waals surface area contributed by atoms with E-state index in [1.54, 1.807) is 12.1 Å². The van der Waals surface area contributed by atoms with Crippen LogP contribution in [0.15, 0.2) is 42.5 Å². The van der Waals surface area contributed by atoms with E-state index in [1.165, 1.54) is 5.56 Å². The molecule has 2 N–H and O–H groups in total. The predicted molar refractivity (Wildman–Crippen MR) is 121 cm³/mol. The number of benzene rings is 2. The summed E-state index contributed by atoms with van der Waals surface area (Å²) in [4.78, 5) is 37.3. The summed E-state index contributed by atoms with van der Waals surface area (Å²) in [5.74, 6) is -1.58. The molecule has 31 heavy (non-hydrogen) atoms. The molecule has 0 aliphatic carbocycles. The molecule has 0 fully saturated rings. The Morgan fingerprint density at radius 1 is 0.871 bits per heavy atom. The van der Waals surface area contributed by atoms with Gasteiger partial charge >= 0.3 is 5.97 Å². The second kappa shape index (κ2) is 10.8. The predicted octanol–water partition coefficient (Wildman–Crippen LogP) is 3.79. The van der Waals surface area contributed by atoms with Gasteiger partial charge < -0.3 is 15.4 Å². The summed E-state index contributed by atoms with van der Waals surface area (Å²) in [6.45, 7) is 11.1. The van der Waals surface area contributed by atoms with E-state index in [1.807, 2.05) is 71.9 Å². The van der Waals surface area contributed by atoms with E-state index in [4.69, 9.17) is 4.74 Å². The Morgan fingerprint density at radius 2 is 1.52 bits per heavy atom. The van der Waals surface area contributed by atoms with Gasteiger partial charge in [-0.2, -0.15) is 0 Å². The summed E-state index contributed by atoms with van der Waals surface area (Å²) in [6, 6.07) is 12.0. The van der Waals surface area contributed by atoms with Crippen LogP contribution in [0.4, 0.5) is 0 Å². The van der Waals surface area contributed by atoms with Crippen LogP contribution in [0.25, 0.3) is 0 Å². The number of aryl methyl sites for hydroxylation is 3. The zero-order valence-electron chi connectivity index (χ0n) is 19.1. The zero-order valence-corrected chi connectivity index (χ0v) is 19.1. The van der Waals surface area contributed by atoms with Gasteiger partial charge in [0.05, 0.1) is 6.04 Å². The van der Waals surface area contributed by atoms with E-state index in [2.05, 4.69) is 10.6 Å². The van der Waals surface area contributed by atoms with Crippen molar-refractivity contribution in [2.75, 3.05) is 6.61 Å². The second-order valence-corrected chi connectivity index (χ2v) is 8.30. The van der Waals surface area contributed by atoms with Crippen LogP contribution in [-0.2, 0) is 14.3 Å². The Labute approximate surface area is 184 Å². The van der Waals surface area contributed by atoms with Crippen molar-refractivity contribution in [2.24, 2.45) is 5.92 Å². The average Bonchev–Trinajstić information content (AvgIpc) is 2.72. The Bertz CT molecular complexity index is 935. The van der Waals surface area contributed by atoms with E-state index in [0.717, 1.165) is 16.7 Å². The lowest BCUT2D eigenvalue weighted by molar-refractivity contribution is -0.151. The first-order valence-corrected chi connectivity index (χ1v) is 10.5. The molecular formula is C25H32N2O4. The number of hydrogen-bond donors (Lipinski definition) is 2. The van der Waals surface area contributed by atoms with Crippen molar-refractivity contribution in [3.05, 3.63) is 70.3 Å². The molecule has 2 aromatic carbocycles. The minimum Gasteiger partial charge on any atom is -0.454 e. The highest BCUT2D eigenvalue weighted by molar-refractivity contribution is 5.97. The van der Waals surface area contributed by atoms with Gasteiger partial charge in [-0.15, -0.1) is 0 Å². The molecule has 0 radical (unpaired) electrons. The van der Waals surface area contributed by atoms with Crippen LogP contribution in [0.3, 0.4) is 0 Å². The number of carbonyl (C=O) groups is 3. The van der Waals surface area contributed by atoms with Crippen LogP contribution in [0, 0.1) is 26.7 Å². The van der Waals surface area contributed by atoms with Gasteiger partial charge in [0, 0.05) is 5.56 Å². The Balaban J connectivity index is 1.91. The number of esters is 1. The van der Waals surface area contributed by atoms with Crippen LogP contribution in [0.1, 0.15) is 59.4 Å². The fourth-order valence-electron chi connectivity index (χ4n) is 3.05. The monoisotopic (exact) mass is 424 g/mol. The van der Waals surface area contributed by atoms with Crippen molar-refractivity contribution in [2.45, 2.75) is 53.6 Å². The molecular weight excluding hydrogens is 392 g/mol. The molecule has 0 aromatic heterocycles. The number of nitrogens with one attached hydrogen (secondary N) is 2. The maximum atomic E-state index is 12.5. The van der Waals surface area contributed by atoms with Crippen molar-refractivity contribution < 1.29 is 19.1 Å². The maximum absolute atomic E-state index is 12.5. The fourth-order valence-corrected chi connectivity index (χ4v) is 3.05. The molecule has 0 aliphatic heterocycles. The van der Waals surface area contributed by atoms with Gasteiger partial charge in [-0.3, -0.25) is 9.59 Å². The van der Waals surface area contributed by atoms with Crippen molar-refractivity contribution in [1.29, 1.82) is 0 Å². The smallest absolute Gasteiger partial charge is 0.329 e. The molecule has 2 rings (SSSR count). The van der Waals surface area contributed by atoms with E-state index < -0.39 is 24.5 Å². The highest BCUT2D eigenvalue weighted by Gasteiger charge is 2.27. The molecule has 2 amide bonds. The molecule has 0 heterocycles. The largest absolute Gasteiger partial charge is 0.454 e. The lowest BCUT2D eigenvalue weighted by Gasteiger charge is -2.21. The molecule has 0 aliphatic rings. The summed E-state index contributed by atoms with van der Waals surface area (Å²) < 4.78 is 5.20. The van der Waals surface area contributed by atoms with Gasteiger partial charge in [-0.05, 0) is 62.4 Å². The number of amides is 2. The van der Waals surface area contributed by atoms with Crippen LogP contribution >= 0.6 is 0 Å². The topological polar surface area (TPSA) is 84.5 Å². The van der Waals surface area contributed by atoms with Crippen molar-refractivity contribution in [3.63, 3.8) is 0 Å². The summed E-state index contributed by atoms with van der Waals surface area (Å²) in [5.41, 5.74) is 4.81. The first-order valence-electron chi connectivity index (χ1n) is 10.5. The van der Waals surface area contributed by atoms with Gasteiger partial charge in [0.2, 0.25) is 0 Å². The zero-order chi connectivity index (χ0) is 23.1. The maximum Gasteiger partial charge on any atom is 0.329 e. The number of carbonyl (C=O) groups excluding carboxylic acids is 3. The molecule has 0 saturated carbocycles. The van der Waals surface area contributed by atoms with Gasteiger partial charge in [0.15, 0.2) is 6.61 Å².